The maximum atomic E-state index is 11.4. The highest BCUT2D eigenvalue weighted by Gasteiger charge is 2.23. The number of halogens is 1. The molecule has 1 aromatic heterocycles. The van der Waals surface area contributed by atoms with Crippen LogP contribution in [0.1, 0.15) is 19.4 Å². The molecule has 0 aliphatic heterocycles. The van der Waals surface area contributed by atoms with Crippen molar-refractivity contribution in [2.24, 2.45) is 5.10 Å². The zero-order valence-corrected chi connectivity index (χ0v) is 14.9. The van der Waals surface area contributed by atoms with Gasteiger partial charge in [0, 0.05) is 11.6 Å². The van der Waals surface area contributed by atoms with Gasteiger partial charge < -0.3 is 9.47 Å². The van der Waals surface area contributed by atoms with Gasteiger partial charge in [-0.05, 0) is 19.9 Å². The van der Waals surface area contributed by atoms with Crippen molar-refractivity contribution in [1.29, 1.82) is 0 Å². The van der Waals surface area contributed by atoms with Gasteiger partial charge in [0.1, 0.15) is 10.7 Å². The number of nitrogens with one attached hydrogen (secondary N) is 2. The highest BCUT2D eigenvalue weighted by atomic mass is 35.5. The second kappa shape index (κ2) is 8.30. The molecule has 2 rings (SSSR count). The predicted octanol–water partition coefficient (Wildman–Crippen LogP) is 2.57. The SMILES string of the molecule is COc1cc(/C=N\Nc2cn[nH]c(=O)c2Cl)cc([N+](=O)[O-])c1OC(C)C. The number of aromatic amines is 1. The van der Waals surface area contributed by atoms with Gasteiger partial charge in [-0.3, -0.25) is 20.3 Å². The van der Waals surface area contributed by atoms with Gasteiger partial charge in [0.25, 0.3) is 5.56 Å². The molecule has 0 fully saturated rings. The molecule has 0 saturated carbocycles. The molecule has 1 aromatic carbocycles. The highest BCUT2D eigenvalue weighted by Crippen LogP contribution is 2.38. The fraction of sp³-hybridized carbons (Fsp3) is 0.267. The molecule has 0 unspecified atom stereocenters. The van der Waals surface area contributed by atoms with Gasteiger partial charge in [-0.1, -0.05) is 11.6 Å². The van der Waals surface area contributed by atoms with Crippen LogP contribution < -0.4 is 20.5 Å². The maximum Gasteiger partial charge on any atom is 0.315 e. The summed E-state index contributed by atoms with van der Waals surface area (Å²) in [5.41, 5.74) is 2.29. The minimum atomic E-state index is -0.570. The zero-order chi connectivity index (χ0) is 19.3. The number of nitrogens with zero attached hydrogens (tertiary/aromatic N) is 3. The first kappa shape index (κ1) is 19.2. The Morgan fingerprint density at radius 1 is 1.46 bits per heavy atom. The maximum absolute atomic E-state index is 11.4. The Kier molecular flexibility index (Phi) is 6.12. The fourth-order valence-corrected chi connectivity index (χ4v) is 2.10. The van der Waals surface area contributed by atoms with Crippen molar-refractivity contribution in [3.8, 4) is 11.5 Å². The molecule has 2 N–H and O–H groups in total. The molecule has 138 valence electrons. The van der Waals surface area contributed by atoms with Crippen LogP contribution in [0.4, 0.5) is 11.4 Å². The van der Waals surface area contributed by atoms with E-state index in [9.17, 15) is 14.9 Å². The highest BCUT2D eigenvalue weighted by molar-refractivity contribution is 6.32. The normalized spacial score (nSPS) is 11.0. The fourth-order valence-electron chi connectivity index (χ4n) is 1.96. The Bertz CT molecular complexity index is 896. The summed E-state index contributed by atoms with van der Waals surface area (Å²) in [6.07, 6.45) is 2.32. The number of methoxy groups -OCH3 is 1. The van der Waals surface area contributed by atoms with E-state index in [0.717, 1.165) is 0 Å². The van der Waals surface area contributed by atoms with Crippen molar-refractivity contribution in [2.75, 3.05) is 12.5 Å². The molecule has 0 atom stereocenters. The summed E-state index contributed by atoms with van der Waals surface area (Å²) in [5, 5.41) is 20.9. The van der Waals surface area contributed by atoms with Gasteiger partial charge in [-0.2, -0.15) is 10.2 Å². The number of hydrogen-bond acceptors (Lipinski definition) is 8. The van der Waals surface area contributed by atoms with Crippen LogP contribution in [0.3, 0.4) is 0 Å². The van der Waals surface area contributed by atoms with E-state index in [2.05, 4.69) is 20.7 Å². The summed E-state index contributed by atoms with van der Waals surface area (Å²) in [6, 6.07) is 2.83. The van der Waals surface area contributed by atoms with Gasteiger partial charge in [-0.15, -0.1) is 0 Å². The lowest BCUT2D eigenvalue weighted by atomic mass is 10.2. The zero-order valence-electron chi connectivity index (χ0n) is 14.1. The Morgan fingerprint density at radius 3 is 2.81 bits per heavy atom. The third-order valence-electron chi connectivity index (χ3n) is 3.02. The van der Waals surface area contributed by atoms with Crippen LogP contribution in [0, 0.1) is 10.1 Å². The Balaban J connectivity index is 2.34. The van der Waals surface area contributed by atoms with Crippen molar-refractivity contribution >= 4 is 29.2 Å². The number of H-pyrrole nitrogens is 1. The molecule has 1 heterocycles. The van der Waals surface area contributed by atoms with Crippen LogP contribution in [0.2, 0.25) is 5.02 Å². The topological polar surface area (TPSA) is 132 Å². The largest absolute Gasteiger partial charge is 0.493 e. The van der Waals surface area contributed by atoms with E-state index in [1.54, 1.807) is 13.8 Å². The summed E-state index contributed by atoms with van der Waals surface area (Å²) in [7, 11) is 1.38. The molecule has 10 nitrogen and oxygen atoms in total. The van der Waals surface area contributed by atoms with E-state index < -0.39 is 10.5 Å². The minimum absolute atomic E-state index is 0.0412. The average molecular weight is 382 g/mol. The molecule has 0 amide bonds. The number of aromatic nitrogens is 2. The summed E-state index contributed by atoms with van der Waals surface area (Å²) >= 11 is 5.81. The van der Waals surface area contributed by atoms with Gasteiger partial charge >= 0.3 is 5.69 Å². The number of hydrazone groups is 1. The van der Waals surface area contributed by atoms with Crippen LogP contribution in [0.25, 0.3) is 0 Å². The summed E-state index contributed by atoms with van der Waals surface area (Å²) in [5.74, 6) is 0.240. The van der Waals surface area contributed by atoms with E-state index in [0.29, 0.717) is 5.56 Å². The van der Waals surface area contributed by atoms with Gasteiger partial charge in [-0.25, -0.2) is 5.10 Å². The lowest BCUT2D eigenvalue weighted by molar-refractivity contribution is -0.386. The van der Waals surface area contributed by atoms with Crippen molar-refractivity contribution in [2.45, 2.75) is 20.0 Å². The quantitative estimate of drug-likeness (QED) is 0.428. The molecule has 0 aliphatic carbocycles. The standard InChI is InChI=1S/C15H16ClN5O5/c1-8(2)26-14-11(21(23)24)4-9(5-12(14)25-3)6-17-19-10-7-18-20-15(22)13(10)16/h4-8H,1-3H3,(H2,19,20,22)/b17-6-. The first-order chi connectivity index (χ1) is 12.3. The molecular weight excluding hydrogens is 366 g/mol. The summed E-state index contributed by atoms with van der Waals surface area (Å²) in [4.78, 5) is 22.1. The van der Waals surface area contributed by atoms with Crippen LogP contribution >= 0.6 is 11.6 Å². The molecule has 0 aliphatic rings. The number of rotatable bonds is 7. The van der Waals surface area contributed by atoms with Crippen LogP contribution in [0.15, 0.2) is 28.2 Å². The molecule has 0 radical (unpaired) electrons. The van der Waals surface area contributed by atoms with E-state index in [1.165, 1.54) is 31.7 Å². The predicted molar refractivity (Wildman–Crippen MR) is 96.5 cm³/mol. The Labute approximate surface area is 152 Å². The number of hydrogen-bond donors (Lipinski definition) is 2. The van der Waals surface area contributed by atoms with Crippen molar-refractivity contribution < 1.29 is 14.4 Å². The molecule has 11 heteroatoms. The number of anilines is 1. The van der Waals surface area contributed by atoms with E-state index in [1.807, 2.05) is 0 Å². The van der Waals surface area contributed by atoms with Crippen LogP contribution in [0.5, 0.6) is 11.5 Å². The van der Waals surface area contributed by atoms with E-state index in [-0.39, 0.29) is 34.0 Å². The summed E-state index contributed by atoms with van der Waals surface area (Å²) in [6.45, 7) is 3.50. The van der Waals surface area contributed by atoms with Gasteiger partial charge in [0.15, 0.2) is 5.75 Å². The first-order valence-electron chi connectivity index (χ1n) is 7.38. The Morgan fingerprint density at radius 2 is 2.19 bits per heavy atom. The monoisotopic (exact) mass is 381 g/mol. The van der Waals surface area contributed by atoms with Crippen molar-refractivity contribution in [1.82, 2.24) is 10.2 Å². The van der Waals surface area contributed by atoms with Gasteiger partial charge in [0.2, 0.25) is 5.75 Å². The van der Waals surface area contributed by atoms with Crippen molar-refractivity contribution in [3.05, 3.63) is 49.4 Å². The summed E-state index contributed by atoms with van der Waals surface area (Å²) < 4.78 is 10.7. The Hall–Kier alpha value is -3.14. The first-order valence-corrected chi connectivity index (χ1v) is 7.76. The van der Waals surface area contributed by atoms with E-state index in [4.69, 9.17) is 21.1 Å². The number of nitro groups is 1. The smallest absolute Gasteiger partial charge is 0.315 e. The molecule has 26 heavy (non-hydrogen) atoms. The second-order valence-corrected chi connectivity index (χ2v) is 5.67. The lowest BCUT2D eigenvalue weighted by Crippen LogP contribution is -2.10. The van der Waals surface area contributed by atoms with Gasteiger partial charge in [0.05, 0.1) is 30.5 Å². The molecule has 0 spiro atoms. The van der Waals surface area contributed by atoms with E-state index >= 15 is 0 Å². The number of benzene rings is 1. The third-order valence-corrected chi connectivity index (χ3v) is 3.40. The number of nitro benzene ring substituents is 1. The molecule has 2 aromatic rings. The molecular formula is C15H16ClN5O5. The number of ether oxygens (including phenoxy) is 2. The minimum Gasteiger partial charge on any atom is -0.493 e. The molecule has 0 saturated heterocycles. The lowest BCUT2D eigenvalue weighted by Gasteiger charge is -2.14. The third kappa shape index (κ3) is 4.48. The average Bonchev–Trinajstić information content (AvgIpc) is 2.58. The van der Waals surface area contributed by atoms with Crippen molar-refractivity contribution in [3.63, 3.8) is 0 Å². The second-order valence-electron chi connectivity index (χ2n) is 5.29. The molecule has 0 bridgehead atoms. The van der Waals surface area contributed by atoms with Crippen LogP contribution in [-0.4, -0.2) is 34.5 Å². The van der Waals surface area contributed by atoms with Crippen LogP contribution in [-0.2, 0) is 0 Å².